The van der Waals surface area contributed by atoms with Crippen molar-refractivity contribution in [2.24, 2.45) is 0 Å². The van der Waals surface area contributed by atoms with Gasteiger partial charge in [-0.05, 0) is 38.5 Å². The topological polar surface area (TPSA) is 139 Å². The van der Waals surface area contributed by atoms with Gasteiger partial charge < -0.3 is 19.9 Å². The van der Waals surface area contributed by atoms with Crippen LogP contribution in [0.25, 0.3) is 0 Å². The van der Waals surface area contributed by atoms with E-state index in [2.05, 4.69) is 21.2 Å². The van der Waals surface area contributed by atoms with Crippen LogP contribution in [0.1, 0.15) is 26.3 Å². The zero-order valence-corrected chi connectivity index (χ0v) is 22.2. The van der Waals surface area contributed by atoms with Crippen LogP contribution in [0.15, 0.2) is 35.7 Å². The lowest BCUT2D eigenvalue weighted by atomic mass is 10.0. The molecule has 1 fully saturated rings. The van der Waals surface area contributed by atoms with Crippen LogP contribution in [-0.4, -0.2) is 67.6 Å². The van der Waals surface area contributed by atoms with Crippen molar-refractivity contribution in [2.45, 2.75) is 44.2 Å². The predicted octanol–water partition coefficient (Wildman–Crippen LogP) is 2.46. The van der Waals surface area contributed by atoms with Gasteiger partial charge >= 0.3 is 11.9 Å². The Labute approximate surface area is 219 Å². The lowest BCUT2D eigenvalue weighted by molar-refractivity contribution is -0.159. The number of aliphatic hydroxyl groups excluding tert-OH is 1. The zero-order valence-electron chi connectivity index (χ0n) is 19.1. The van der Waals surface area contributed by atoms with Crippen molar-refractivity contribution < 1.29 is 38.6 Å². The van der Waals surface area contributed by atoms with Crippen LogP contribution in [0, 0.1) is 0 Å². The lowest BCUT2D eigenvalue weighted by Gasteiger charge is -2.46. The molecule has 2 amide bonds. The highest BCUT2D eigenvalue weighted by molar-refractivity contribution is 9.09. The van der Waals surface area contributed by atoms with E-state index >= 15 is 0 Å². The molecule has 2 atom stereocenters. The van der Waals surface area contributed by atoms with Crippen LogP contribution in [0.5, 0.6) is 5.75 Å². The number of amides is 2. The van der Waals surface area contributed by atoms with E-state index in [-0.39, 0.29) is 23.4 Å². The van der Waals surface area contributed by atoms with Crippen LogP contribution in [-0.2, 0) is 35.1 Å². The van der Waals surface area contributed by atoms with Crippen LogP contribution in [0.2, 0.25) is 0 Å². The normalized spacial score (nSPS) is 18.2. The van der Waals surface area contributed by atoms with E-state index in [1.165, 1.54) is 12.1 Å². The number of hydrogen-bond acceptors (Lipinski definition) is 9. The summed E-state index contributed by atoms with van der Waals surface area (Å²) in [5, 5.41) is 11.7. The molecule has 1 saturated heterocycles. The Kier molecular flexibility index (Phi) is 10.2. The van der Waals surface area contributed by atoms with Gasteiger partial charge in [-0.2, -0.15) is 0 Å². The fourth-order valence-corrected chi connectivity index (χ4v) is 4.13. The van der Waals surface area contributed by atoms with Crippen molar-refractivity contribution in [3.8, 4) is 5.75 Å². The molecule has 0 saturated carbocycles. The number of nitrogens with zero attached hydrogens (tertiary/aromatic N) is 1. The Hall–Kier alpha value is -2.57. The maximum absolute atomic E-state index is 12.9. The number of benzene rings is 1. The summed E-state index contributed by atoms with van der Waals surface area (Å²) in [5.41, 5.74) is -0.264. The number of hydrogen-bond donors (Lipinski definition) is 2. The van der Waals surface area contributed by atoms with Gasteiger partial charge in [0.1, 0.15) is 34.4 Å². The number of esters is 2. The standard InChI is InChI=1S/C22H24BrClN2O8S/c1-22(2,3)34-21(32)18(14(28)9-23)26-19(31)17(20(26)35-11-27)25-15(29)8-12-4-6-13(7-5-12)33-16(30)10-24/h4-7,11,17,20,28H,8-10H2,1-3H3,(H,25,29). The van der Waals surface area contributed by atoms with E-state index in [4.69, 9.17) is 21.1 Å². The molecule has 1 heterocycles. The Morgan fingerprint density at radius 2 is 1.89 bits per heavy atom. The largest absolute Gasteiger partial charge is 0.509 e. The number of thioether (sulfide) groups is 1. The van der Waals surface area contributed by atoms with E-state index in [0.717, 1.165) is 4.90 Å². The summed E-state index contributed by atoms with van der Waals surface area (Å²) < 4.78 is 10.3. The number of carbonyl (C=O) groups excluding carboxylic acids is 5. The lowest BCUT2D eigenvalue weighted by Crippen LogP contribution is -2.69. The first-order chi connectivity index (χ1) is 16.4. The average Bonchev–Trinajstić information content (AvgIpc) is 2.79. The summed E-state index contributed by atoms with van der Waals surface area (Å²) >= 11 is 9.10. The van der Waals surface area contributed by atoms with Gasteiger partial charge in [-0.15, -0.1) is 11.6 Å². The van der Waals surface area contributed by atoms with Gasteiger partial charge in [0.05, 0.1) is 11.8 Å². The molecule has 1 aromatic carbocycles. The van der Waals surface area contributed by atoms with E-state index in [1.54, 1.807) is 32.9 Å². The van der Waals surface area contributed by atoms with Crippen LogP contribution < -0.4 is 10.1 Å². The monoisotopic (exact) mass is 590 g/mol. The Bertz CT molecular complexity index is 1030. The van der Waals surface area contributed by atoms with Crippen molar-refractivity contribution in [3.05, 3.63) is 41.3 Å². The highest BCUT2D eigenvalue weighted by atomic mass is 79.9. The molecule has 0 aliphatic carbocycles. The molecule has 0 radical (unpaired) electrons. The molecule has 2 rings (SSSR count). The third kappa shape index (κ3) is 7.71. The number of rotatable bonds is 10. The number of ether oxygens (including phenoxy) is 2. The number of β-lactam (4-membered cyclic amide) rings is 1. The number of likely N-dealkylation sites (tertiary alicyclic amines) is 1. The second-order valence-electron chi connectivity index (χ2n) is 8.24. The third-order valence-corrected chi connectivity index (χ3v) is 6.04. The minimum Gasteiger partial charge on any atom is -0.509 e. The molecule has 1 aliphatic heterocycles. The van der Waals surface area contributed by atoms with E-state index in [0.29, 0.717) is 22.9 Å². The number of carbonyl (C=O) groups is 5. The van der Waals surface area contributed by atoms with Gasteiger partial charge in [0, 0.05) is 0 Å². The smallest absolute Gasteiger partial charge is 0.359 e. The molecule has 2 unspecified atom stereocenters. The summed E-state index contributed by atoms with van der Waals surface area (Å²) in [6, 6.07) is 5.02. The van der Waals surface area contributed by atoms with Gasteiger partial charge in [0.15, 0.2) is 11.3 Å². The molecule has 0 bridgehead atoms. The molecule has 0 spiro atoms. The summed E-state index contributed by atoms with van der Waals surface area (Å²) in [6.45, 7) is 4.88. The van der Waals surface area contributed by atoms with Gasteiger partial charge in [0.25, 0.3) is 5.91 Å². The second kappa shape index (κ2) is 12.4. The van der Waals surface area contributed by atoms with E-state index in [1.807, 2.05) is 0 Å². The summed E-state index contributed by atoms with van der Waals surface area (Å²) in [6.07, 6.45) is -0.104. The predicted molar refractivity (Wildman–Crippen MR) is 133 cm³/mol. The minimum absolute atomic E-state index is 0.104. The number of aliphatic hydroxyl groups is 1. The molecular weight excluding hydrogens is 568 g/mol. The second-order valence-corrected chi connectivity index (χ2v) is 10.0. The summed E-state index contributed by atoms with van der Waals surface area (Å²) in [5.74, 6) is -3.25. The van der Waals surface area contributed by atoms with Crippen LogP contribution >= 0.6 is 39.3 Å². The summed E-state index contributed by atoms with van der Waals surface area (Å²) in [7, 11) is 0. The van der Waals surface area contributed by atoms with Gasteiger partial charge in [0.2, 0.25) is 5.91 Å². The fourth-order valence-electron chi connectivity index (χ4n) is 3.02. The Balaban J connectivity index is 2.14. The van der Waals surface area contributed by atoms with Crippen molar-refractivity contribution >= 4 is 68.7 Å². The molecule has 10 nitrogen and oxygen atoms in total. The van der Waals surface area contributed by atoms with Gasteiger partial charge in [-0.1, -0.05) is 39.8 Å². The van der Waals surface area contributed by atoms with Crippen LogP contribution in [0.4, 0.5) is 0 Å². The first-order valence-corrected chi connectivity index (χ1v) is 12.8. The maximum atomic E-state index is 12.9. The SMILES string of the molecule is CC(C)(C)OC(=O)C(=C(O)CBr)N1C(=O)C(NC(=O)Cc2ccc(OC(=O)CCl)cc2)C1SC=O. The van der Waals surface area contributed by atoms with Gasteiger partial charge in [-0.25, -0.2) is 4.79 Å². The number of nitrogens with one attached hydrogen (secondary N) is 1. The highest BCUT2D eigenvalue weighted by Gasteiger charge is 2.53. The Morgan fingerprint density at radius 3 is 2.40 bits per heavy atom. The number of halogens is 2. The molecular formula is C22H24BrClN2O8S. The molecule has 0 aromatic heterocycles. The molecule has 190 valence electrons. The number of alkyl halides is 2. The van der Waals surface area contributed by atoms with E-state index < -0.39 is 52.2 Å². The van der Waals surface area contributed by atoms with E-state index in [9.17, 15) is 29.1 Å². The average molecular weight is 592 g/mol. The molecule has 1 aliphatic rings. The first kappa shape index (κ1) is 28.7. The first-order valence-electron chi connectivity index (χ1n) is 10.2. The maximum Gasteiger partial charge on any atom is 0.359 e. The van der Waals surface area contributed by atoms with Crippen molar-refractivity contribution in [3.63, 3.8) is 0 Å². The van der Waals surface area contributed by atoms with Crippen molar-refractivity contribution in [1.29, 1.82) is 0 Å². The fraction of sp³-hybridized carbons (Fsp3) is 0.409. The van der Waals surface area contributed by atoms with Gasteiger partial charge in [-0.3, -0.25) is 24.1 Å². The minimum atomic E-state index is -1.11. The zero-order chi connectivity index (χ0) is 26.3. The van der Waals surface area contributed by atoms with Crippen molar-refractivity contribution in [2.75, 3.05) is 11.2 Å². The Morgan fingerprint density at radius 1 is 1.26 bits per heavy atom. The molecule has 35 heavy (non-hydrogen) atoms. The third-order valence-electron chi connectivity index (χ3n) is 4.42. The van der Waals surface area contributed by atoms with Crippen molar-refractivity contribution in [1.82, 2.24) is 10.2 Å². The quantitative estimate of drug-likeness (QED) is 0.0799. The highest BCUT2D eigenvalue weighted by Crippen LogP contribution is 2.35. The molecule has 13 heteroatoms. The molecule has 2 N–H and O–H groups in total. The number of allylic oxidation sites excluding steroid dienone is 1. The molecule has 1 aromatic rings. The summed E-state index contributed by atoms with van der Waals surface area (Å²) in [4.78, 5) is 61.6. The van der Waals surface area contributed by atoms with Crippen LogP contribution in [0.3, 0.4) is 0 Å².